The van der Waals surface area contributed by atoms with E-state index in [9.17, 15) is 29.6 Å². The predicted octanol–water partition coefficient (Wildman–Crippen LogP) is 1.47. The topological polar surface area (TPSA) is 139 Å². The number of nitro groups is 1. The van der Waals surface area contributed by atoms with Gasteiger partial charge in [-0.3, -0.25) is 29.4 Å². The van der Waals surface area contributed by atoms with Crippen molar-refractivity contribution in [3.8, 4) is 5.75 Å². The number of non-ortho nitro benzene ring substituents is 1. The fourth-order valence-electron chi connectivity index (χ4n) is 3.65. The number of ether oxygens (including phenoxy) is 1. The Hall–Kier alpha value is -3.17. The molecule has 2 N–H and O–H groups in total. The van der Waals surface area contributed by atoms with Crippen molar-refractivity contribution in [3.05, 3.63) is 28.3 Å². The highest BCUT2D eigenvalue weighted by Crippen LogP contribution is 2.35. The average Bonchev–Trinajstić information content (AvgIpc) is 2.89. The van der Waals surface area contributed by atoms with Crippen LogP contribution in [0, 0.1) is 16.0 Å². The van der Waals surface area contributed by atoms with Gasteiger partial charge in [0.15, 0.2) is 6.61 Å². The molecule has 1 aromatic carbocycles. The molecule has 0 saturated heterocycles. The van der Waals surface area contributed by atoms with Gasteiger partial charge in [-0.15, -0.1) is 0 Å². The number of amides is 2. The normalized spacial score (nSPS) is 21.9. The number of hydrogen-bond donors (Lipinski definition) is 2. The summed E-state index contributed by atoms with van der Waals surface area (Å²) in [6.45, 7) is -0.640. The number of benzene rings is 1. The van der Waals surface area contributed by atoms with Gasteiger partial charge in [0.2, 0.25) is 5.91 Å². The van der Waals surface area contributed by atoms with Crippen LogP contribution in [0.25, 0.3) is 0 Å². The van der Waals surface area contributed by atoms with Gasteiger partial charge in [-0.1, -0.05) is 19.3 Å². The SMILES string of the molecule is O=C(CN1C(=O)COc2ccc([N+](=O)[O-])cc21)N[C@H]1CCCCC[C@H]1C(=O)O. The number of nitrogens with one attached hydrogen (secondary N) is 1. The van der Waals surface area contributed by atoms with Gasteiger partial charge in [0, 0.05) is 18.2 Å². The molecule has 1 aromatic rings. The van der Waals surface area contributed by atoms with E-state index < -0.39 is 34.7 Å². The number of hydrogen-bond acceptors (Lipinski definition) is 6. The number of carbonyl (C=O) groups excluding carboxylic acids is 2. The predicted molar refractivity (Wildman–Crippen MR) is 97.1 cm³/mol. The van der Waals surface area contributed by atoms with Crippen LogP contribution in [0.3, 0.4) is 0 Å². The fourth-order valence-corrected chi connectivity index (χ4v) is 3.65. The van der Waals surface area contributed by atoms with E-state index in [1.165, 1.54) is 18.2 Å². The summed E-state index contributed by atoms with van der Waals surface area (Å²) in [7, 11) is 0. The monoisotopic (exact) mass is 391 g/mol. The van der Waals surface area contributed by atoms with Gasteiger partial charge in [-0.05, 0) is 18.9 Å². The molecule has 0 spiro atoms. The summed E-state index contributed by atoms with van der Waals surface area (Å²) in [5, 5.41) is 23.2. The van der Waals surface area contributed by atoms with Gasteiger partial charge in [0.25, 0.3) is 11.6 Å². The van der Waals surface area contributed by atoms with Crippen LogP contribution < -0.4 is 15.0 Å². The van der Waals surface area contributed by atoms with Crippen LogP contribution in [-0.2, 0) is 14.4 Å². The summed E-state index contributed by atoms with van der Waals surface area (Å²) in [5.74, 6) is -2.35. The smallest absolute Gasteiger partial charge is 0.308 e. The van der Waals surface area contributed by atoms with Crippen molar-refractivity contribution in [2.45, 2.75) is 38.1 Å². The second kappa shape index (κ2) is 8.24. The number of fused-ring (bicyclic) bond motifs is 1. The largest absolute Gasteiger partial charge is 0.482 e. The number of anilines is 1. The summed E-state index contributed by atoms with van der Waals surface area (Å²) in [6, 6.07) is 3.32. The van der Waals surface area contributed by atoms with Crippen LogP contribution in [-0.4, -0.2) is 47.0 Å². The molecular formula is C18H21N3O7. The number of nitro benzene ring substituents is 1. The summed E-state index contributed by atoms with van der Waals surface area (Å²) in [5.41, 5.74) is -0.0755. The standard InChI is InChI=1S/C18H21N3O7/c22-16(19-13-5-3-1-2-4-12(13)18(24)25)9-20-14-8-11(21(26)27)6-7-15(14)28-10-17(20)23/h6-8,12-13H,1-5,9-10H2,(H,19,22)(H,24,25)/t12-,13+/m1/s1. The van der Waals surface area contributed by atoms with E-state index in [4.69, 9.17) is 4.74 Å². The number of nitrogens with zero attached hydrogens (tertiary/aromatic N) is 2. The Morgan fingerprint density at radius 3 is 2.75 bits per heavy atom. The molecule has 0 aromatic heterocycles. The Kier molecular flexibility index (Phi) is 5.76. The van der Waals surface area contributed by atoms with Crippen molar-refractivity contribution in [1.29, 1.82) is 0 Å². The van der Waals surface area contributed by atoms with Crippen molar-refractivity contribution >= 4 is 29.2 Å². The van der Waals surface area contributed by atoms with E-state index in [1.807, 2.05) is 0 Å². The van der Waals surface area contributed by atoms with E-state index >= 15 is 0 Å². The van der Waals surface area contributed by atoms with Crippen molar-refractivity contribution in [2.75, 3.05) is 18.1 Å². The zero-order chi connectivity index (χ0) is 20.3. The number of carboxylic acids is 1. The van der Waals surface area contributed by atoms with E-state index in [-0.39, 0.29) is 30.3 Å². The lowest BCUT2D eigenvalue weighted by molar-refractivity contribution is -0.384. The molecule has 2 atom stereocenters. The summed E-state index contributed by atoms with van der Waals surface area (Å²) < 4.78 is 5.27. The highest BCUT2D eigenvalue weighted by molar-refractivity contribution is 6.02. The van der Waals surface area contributed by atoms with Crippen LogP contribution in [0.15, 0.2) is 18.2 Å². The molecule has 0 unspecified atom stereocenters. The van der Waals surface area contributed by atoms with Crippen LogP contribution in [0.5, 0.6) is 5.75 Å². The maximum atomic E-state index is 12.6. The van der Waals surface area contributed by atoms with Gasteiger partial charge in [0.1, 0.15) is 12.3 Å². The average molecular weight is 391 g/mol. The first-order chi connectivity index (χ1) is 13.4. The first-order valence-corrected chi connectivity index (χ1v) is 9.10. The van der Waals surface area contributed by atoms with Gasteiger partial charge in [0.05, 0.1) is 16.5 Å². The molecule has 2 aliphatic rings. The van der Waals surface area contributed by atoms with E-state index in [1.54, 1.807) is 0 Å². The highest BCUT2D eigenvalue weighted by Gasteiger charge is 2.33. The molecule has 0 radical (unpaired) electrons. The number of aliphatic carboxylic acids is 1. The third-order valence-corrected chi connectivity index (χ3v) is 5.08. The molecule has 1 aliphatic carbocycles. The molecule has 28 heavy (non-hydrogen) atoms. The van der Waals surface area contributed by atoms with Crippen LogP contribution in [0.2, 0.25) is 0 Å². The third kappa shape index (κ3) is 4.21. The first kappa shape index (κ1) is 19.6. The number of rotatable bonds is 5. The Balaban J connectivity index is 1.76. The lowest BCUT2D eigenvalue weighted by atomic mass is 9.95. The number of carboxylic acid groups (broad SMARTS) is 1. The van der Waals surface area contributed by atoms with E-state index in [0.717, 1.165) is 24.2 Å². The molecule has 2 amide bonds. The Morgan fingerprint density at radius 2 is 2.04 bits per heavy atom. The molecular weight excluding hydrogens is 370 g/mol. The van der Waals surface area contributed by atoms with E-state index in [0.29, 0.717) is 12.8 Å². The Labute approximate surface area is 160 Å². The minimum atomic E-state index is -0.949. The molecule has 1 aliphatic heterocycles. The van der Waals surface area contributed by atoms with Crippen molar-refractivity contribution in [1.82, 2.24) is 5.32 Å². The van der Waals surface area contributed by atoms with Crippen LogP contribution in [0.1, 0.15) is 32.1 Å². The van der Waals surface area contributed by atoms with E-state index in [2.05, 4.69) is 5.32 Å². The molecule has 10 heteroatoms. The van der Waals surface area contributed by atoms with Crippen LogP contribution >= 0.6 is 0 Å². The minimum Gasteiger partial charge on any atom is -0.482 e. The molecule has 0 bridgehead atoms. The Bertz CT molecular complexity index is 810. The zero-order valence-corrected chi connectivity index (χ0v) is 15.1. The molecule has 3 rings (SSSR count). The fraction of sp³-hybridized carbons (Fsp3) is 0.500. The van der Waals surface area contributed by atoms with Crippen molar-refractivity contribution in [2.24, 2.45) is 5.92 Å². The summed E-state index contributed by atoms with van der Waals surface area (Å²) >= 11 is 0. The van der Waals surface area contributed by atoms with Gasteiger partial charge in [-0.2, -0.15) is 0 Å². The second-order valence-corrected chi connectivity index (χ2v) is 6.93. The van der Waals surface area contributed by atoms with Crippen molar-refractivity contribution < 1.29 is 29.2 Å². The van der Waals surface area contributed by atoms with Gasteiger partial charge in [-0.25, -0.2) is 0 Å². The Morgan fingerprint density at radius 1 is 1.29 bits per heavy atom. The highest BCUT2D eigenvalue weighted by atomic mass is 16.6. The lowest BCUT2D eigenvalue weighted by Crippen LogP contribution is -2.49. The third-order valence-electron chi connectivity index (χ3n) is 5.08. The molecule has 10 nitrogen and oxygen atoms in total. The minimum absolute atomic E-state index is 0.149. The number of carbonyl (C=O) groups is 3. The summed E-state index contributed by atoms with van der Waals surface area (Å²) in [6.07, 6.45) is 3.57. The first-order valence-electron chi connectivity index (χ1n) is 9.10. The zero-order valence-electron chi connectivity index (χ0n) is 15.1. The molecule has 150 valence electrons. The van der Waals surface area contributed by atoms with Gasteiger partial charge >= 0.3 is 5.97 Å². The van der Waals surface area contributed by atoms with Crippen LogP contribution in [0.4, 0.5) is 11.4 Å². The summed E-state index contributed by atoms with van der Waals surface area (Å²) in [4.78, 5) is 47.9. The maximum Gasteiger partial charge on any atom is 0.308 e. The molecule has 1 saturated carbocycles. The molecule has 1 fully saturated rings. The molecule has 1 heterocycles. The quantitative estimate of drug-likeness (QED) is 0.440. The maximum absolute atomic E-state index is 12.6. The van der Waals surface area contributed by atoms with Crippen molar-refractivity contribution in [3.63, 3.8) is 0 Å². The second-order valence-electron chi connectivity index (χ2n) is 6.93. The lowest BCUT2D eigenvalue weighted by Gasteiger charge is -2.30. The van der Waals surface area contributed by atoms with Gasteiger partial charge < -0.3 is 15.2 Å².